The molecule has 0 saturated heterocycles. The van der Waals surface area contributed by atoms with Gasteiger partial charge in [-0.2, -0.15) is 0 Å². The van der Waals surface area contributed by atoms with Crippen molar-refractivity contribution in [1.82, 2.24) is 10.3 Å². The van der Waals surface area contributed by atoms with Crippen molar-refractivity contribution in [2.45, 2.75) is 12.5 Å². The van der Waals surface area contributed by atoms with Gasteiger partial charge in [0.15, 0.2) is 11.5 Å². The van der Waals surface area contributed by atoms with Crippen LogP contribution in [-0.2, 0) is 0 Å². The molecule has 5 nitrogen and oxygen atoms in total. The number of carbonyl (C=O) groups is 1. The molecule has 0 saturated carbocycles. The van der Waals surface area contributed by atoms with Crippen molar-refractivity contribution in [1.29, 1.82) is 0 Å². The highest BCUT2D eigenvalue weighted by Gasteiger charge is 2.20. The molecule has 1 aromatic heterocycles. The minimum absolute atomic E-state index is 0.103. The molecule has 28 heavy (non-hydrogen) atoms. The summed E-state index contributed by atoms with van der Waals surface area (Å²) < 4.78 is 24.6. The second kappa shape index (κ2) is 8.08. The maximum Gasteiger partial charge on any atom is 0.252 e. The maximum absolute atomic E-state index is 13.0. The van der Waals surface area contributed by atoms with Crippen molar-refractivity contribution in [3.63, 3.8) is 0 Å². The van der Waals surface area contributed by atoms with Gasteiger partial charge in [-0.05, 0) is 48.5 Å². The number of rotatable bonds is 5. The molecule has 1 aliphatic heterocycles. The van der Waals surface area contributed by atoms with Crippen molar-refractivity contribution in [3.05, 3.63) is 78.2 Å². The summed E-state index contributed by atoms with van der Waals surface area (Å²) in [5, 5.41) is 2.87. The third-order valence-corrected chi connectivity index (χ3v) is 4.49. The van der Waals surface area contributed by atoms with E-state index in [9.17, 15) is 9.18 Å². The molecule has 1 atom stereocenters. The lowest BCUT2D eigenvalue weighted by Crippen LogP contribution is -2.34. The molecule has 0 spiro atoms. The van der Waals surface area contributed by atoms with Gasteiger partial charge in [0.05, 0.1) is 11.3 Å². The number of nitrogens with zero attached hydrogens (tertiary/aromatic N) is 1. The van der Waals surface area contributed by atoms with Gasteiger partial charge in [0, 0.05) is 24.7 Å². The summed E-state index contributed by atoms with van der Waals surface area (Å²) in [6, 6.07) is 17.1. The number of fused-ring (bicyclic) bond motifs is 1. The first kappa shape index (κ1) is 18.0. The molecule has 1 N–H and O–H groups in total. The number of hydrogen-bond acceptors (Lipinski definition) is 4. The first-order valence-electron chi connectivity index (χ1n) is 9.08. The third kappa shape index (κ3) is 4.11. The molecule has 2 aromatic carbocycles. The van der Waals surface area contributed by atoms with Gasteiger partial charge in [0.1, 0.15) is 18.5 Å². The summed E-state index contributed by atoms with van der Waals surface area (Å²) in [4.78, 5) is 16.6. The molecule has 3 aromatic rings. The van der Waals surface area contributed by atoms with Gasteiger partial charge >= 0.3 is 0 Å². The molecule has 1 unspecified atom stereocenters. The number of para-hydroxylation sites is 2. The van der Waals surface area contributed by atoms with Crippen LogP contribution in [0.1, 0.15) is 16.8 Å². The Morgan fingerprint density at radius 1 is 1.07 bits per heavy atom. The Labute approximate surface area is 162 Å². The number of hydrogen-bond donors (Lipinski definition) is 1. The lowest BCUT2D eigenvalue weighted by Gasteiger charge is -2.26. The highest BCUT2D eigenvalue weighted by molar-refractivity contribution is 5.94. The van der Waals surface area contributed by atoms with Gasteiger partial charge in [0.2, 0.25) is 0 Å². The first-order chi connectivity index (χ1) is 13.7. The number of amides is 1. The Balaban J connectivity index is 1.29. The summed E-state index contributed by atoms with van der Waals surface area (Å²) in [5.41, 5.74) is 1.95. The molecule has 0 radical (unpaired) electrons. The van der Waals surface area contributed by atoms with Gasteiger partial charge in [-0.15, -0.1) is 0 Å². The average Bonchev–Trinajstić information content (AvgIpc) is 2.74. The number of nitrogens with one attached hydrogen (secondary N) is 1. The zero-order valence-electron chi connectivity index (χ0n) is 15.1. The van der Waals surface area contributed by atoms with Crippen molar-refractivity contribution < 1.29 is 18.7 Å². The fourth-order valence-corrected chi connectivity index (χ4v) is 2.97. The van der Waals surface area contributed by atoms with E-state index < -0.39 is 0 Å². The maximum atomic E-state index is 13.0. The standard InChI is InChI=1S/C22H19FN2O3/c23-17-8-5-15(6-9-17)19-10-7-16(13-25-19)22(26)24-12-11-18-14-27-20-3-1-2-4-21(20)28-18/h1-10,13,18H,11-12,14H2,(H,24,26). The van der Waals surface area contributed by atoms with E-state index in [-0.39, 0.29) is 17.8 Å². The summed E-state index contributed by atoms with van der Waals surface area (Å²) in [6.45, 7) is 0.926. The van der Waals surface area contributed by atoms with Crippen LogP contribution < -0.4 is 14.8 Å². The van der Waals surface area contributed by atoms with Gasteiger partial charge in [-0.1, -0.05) is 12.1 Å². The van der Waals surface area contributed by atoms with Crippen LogP contribution in [0.25, 0.3) is 11.3 Å². The molecule has 142 valence electrons. The largest absolute Gasteiger partial charge is 0.486 e. The molecule has 0 fully saturated rings. The van der Waals surface area contributed by atoms with Crippen LogP contribution in [0.5, 0.6) is 11.5 Å². The van der Waals surface area contributed by atoms with Crippen LogP contribution in [0.15, 0.2) is 66.9 Å². The van der Waals surface area contributed by atoms with Gasteiger partial charge in [-0.3, -0.25) is 9.78 Å². The predicted molar refractivity (Wildman–Crippen MR) is 103 cm³/mol. The molecule has 6 heteroatoms. The van der Waals surface area contributed by atoms with E-state index in [1.165, 1.54) is 18.3 Å². The summed E-state index contributed by atoms with van der Waals surface area (Å²) in [5.74, 6) is 0.978. The van der Waals surface area contributed by atoms with E-state index in [1.807, 2.05) is 24.3 Å². The number of carbonyl (C=O) groups excluding carboxylic acids is 1. The minimum Gasteiger partial charge on any atom is -0.486 e. The summed E-state index contributed by atoms with van der Waals surface area (Å²) in [6.07, 6.45) is 2.06. The Morgan fingerprint density at radius 2 is 1.86 bits per heavy atom. The van der Waals surface area contributed by atoms with Gasteiger partial charge < -0.3 is 14.8 Å². The number of aromatic nitrogens is 1. The molecule has 0 aliphatic carbocycles. The van der Waals surface area contributed by atoms with Crippen LogP contribution in [0.2, 0.25) is 0 Å². The Hall–Kier alpha value is -3.41. The highest BCUT2D eigenvalue weighted by atomic mass is 19.1. The smallest absolute Gasteiger partial charge is 0.252 e. The SMILES string of the molecule is O=C(NCCC1COc2ccccc2O1)c1ccc(-c2ccc(F)cc2)nc1. The summed E-state index contributed by atoms with van der Waals surface area (Å²) in [7, 11) is 0. The minimum atomic E-state index is -0.296. The molecule has 1 amide bonds. The third-order valence-electron chi connectivity index (χ3n) is 4.49. The number of ether oxygens (including phenoxy) is 2. The topological polar surface area (TPSA) is 60.5 Å². The molecular formula is C22H19FN2O3. The lowest BCUT2D eigenvalue weighted by atomic mass is 10.1. The molecular weight excluding hydrogens is 359 g/mol. The second-order valence-electron chi connectivity index (χ2n) is 6.48. The van der Waals surface area contributed by atoms with Gasteiger partial charge in [0.25, 0.3) is 5.91 Å². The van der Waals surface area contributed by atoms with Crippen LogP contribution in [0, 0.1) is 5.82 Å². The molecule has 2 heterocycles. The first-order valence-corrected chi connectivity index (χ1v) is 9.08. The van der Waals surface area contributed by atoms with Crippen molar-refractivity contribution in [2.75, 3.05) is 13.2 Å². The lowest BCUT2D eigenvalue weighted by molar-refractivity contribution is 0.0812. The average molecular weight is 378 g/mol. The fraction of sp³-hybridized carbons (Fsp3) is 0.182. The van der Waals surface area contributed by atoms with Crippen molar-refractivity contribution >= 4 is 5.91 Å². The van der Waals surface area contributed by atoms with Gasteiger partial charge in [-0.25, -0.2) is 4.39 Å². The van der Waals surface area contributed by atoms with E-state index in [4.69, 9.17) is 9.47 Å². The Bertz CT molecular complexity index is 958. The highest BCUT2D eigenvalue weighted by Crippen LogP contribution is 2.31. The van der Waals surface area contributed by atoms with Crippen LogP contribution >= 0.6 is 0 Å². The van der Waals surface area contributed by atoms with Crippen molar-refractivity contribution in [2.24, 2.45) is 0 Å². The van der Waals surface area contributed by atoms with E-state index >= 15 is 0 Å². The molecule has 0 bridgehead atoms. The molecule has 1 aliphatic rings. The Morgan fingerprint density at radius 3 is 2.61 bits per heavy atom. The van der Waals surface area contributed by atoms with Crippen LogP contribution in [0.4, 0.5) is 4.39 Å². The summed E-state index contributed by atoms with van der Waals surface area (Å²) >= 11 is 0. The van der Waals surface area contributed by atoms with E-state index in [0.29, 0.717) is 30.8 Å². The second-order valence-corrected chi connectivity index (χ2v) is 6.48. The normalized spacial score (nSPS) is 15.1. The zero-order chi connectivity index (χ0) is 19.3. The molecule has 4 rings (SSSR count). The van der Waals surface area contributed by atoms with E-state index in [2.05, 4.69) is 10.3 Å². The quantitative estimate of drug-likeness (QED) is 0.733. The van der Waals surface area contributed by atoms with Crippen LogP contribution in [-0.4, -0.2) is 30.1 Å². The predicted octanol–water partition coefficient (Wildman–Crippen LogP) is 3.85. The fourth-order valence-electron chi connectivity index (χ4n) is 2.97. The number of pyridine rings is 1. The zero-order valence-corrected chi connectivity index (χ0v) is 15.1. The van der Waals surface area contributed by atoms with Crippen LogP contribution in [0.3, 0.4) is 0 Å². The number of halogens is 1. The van der Waals surface area contributed by atoms with Crippen molar-refractivity contribution in [3.8, 4) is 22.8 Å². The Kier molecular flexibility index (Phi) is 5.19. The number of benzene rings is 2. The van der Waals surface area contributed by atoms with E-state index in [1.54, 1.807) is 24.3 Å². The van der Waals surface area contributed by atoms with E-state index in [0.717, 1.165) is 17.1 Å². The monoisotopic (exact) mass is 378 g/mol.